The Hall–Kier alpha value is -1.90. The van der Waals surface area contributed by atoms with Gasteiger partial charge in [0.15, 0.2) is 0 Å². The highest BCUT2D eigenvalue weighted by atomic mass is 16.5. The number of fused-ring (bicyclic) bond motifs is 1. The van der Waals surface area contributed by atoms with Gasteiger partial charge in [0.2, 0.25) is 0 Å². The van der Waals surface area contributed by atoms with Gasteiger partial charge >= 0.3 is 5.97 Å². The summed E-state index contributed by atoms with van der Waals surface area (Å²) in [7, 11) is 1.35. The molecule has 2 aromatic rings. The van der Waals surface area contributed by atoms with Crippen LogP contribution < -0.4 is 0 Å². The van der Waals surface area contributed by atoms with Crippen LogP contribution in [-0.4, -0.2) is 18.1 Å². The molecule has 15 heavy (non-hydrogen) atoms. The Morgan fingerprint density at radius 1 is 1.40 bits per heavy atom. The summed E-state index contributed by atoms with van der Waals surface area (Å²) in [5, 5.41) is 2.07. The van der Waals surface area contributed by atoms with E-state index in [1.54, 1.807) is 12.3 Å². The number of esters is 1. The Balaban J connectivity index is 2.64. The normalized spacial score (nSPS) is 10.3. The smallest absolute Gasteiger partial charge is 0.356 e. The van der Waals surface area contributed by atoms with Crippen molar-refractivity contribution in [2.45, 2.75) is 6.92 Å². The van der Waals surface area contributed by atoms with Gasteiger partial charge in [0, 0.05) is 11.6 Å². The van der Waals surface area contributed by atoms with E-state index in [1.807, 2.05) is 25.1 Å². The number of hydrogen-bond acceptors (Lipinski definition) is 3. The van der Waals surface area contributed by atoms with Crippen LogP contribution in [0, 0.1) is 6.92 Å². The summed E-state index contributed by atoms with van der Waals surface area (Å²) < 4.78 is 4.62. The van der Waals surface area contributed by atoms with Crippen molar-refractivity contribution in [1.29, 1.82) is 0 Å². The Morgan fingerprint density at radius 3 is 2.93 bits per heavy atom. The maximum atomic E-state index is 11.3. The van der Waals surface area contributed by atoms with E-state index in [2.05, 4.69) is 9.72 Å². The van der Waals surface area contributed by atoms with E-state index in [0.717, 1.165) is 16.3 Å². The monoisotopic (exact) mass is 201 g/mol. The molecule has 0 aliphatic rings. The van der Waals surface area contributed by atoms with E-state index in [0.29, 0.717) is 5.69 Å². The summed E-state index contributed by atoms with van der Waals surface area (Å²) in [5.74, 6) is -0.403. The number of aryl methyl sites for hydroxylation is 1. The third-order valence-corrected chi connectivity index (χ3v) is 2.38. The first-order valence-corrected chi connectivity index (χ1v) is 4.66. The largest absolute Gasteiger partial charge is 0.464 e. The fourth-order valence-electron chi connectivity index (χ4n) is 1.54. The molecular formula is C12H11NO2. The summed E-state index contributed by atoms with van der Waals surface area (Å²) in [5.41, 5.74) is 1.47. The van der Waals surface area contributed by atoms with Gasteiger partial charge in [0.25, 0.3) is 0 Å². The van der Waals surface area contributed by atoms with Crippen molar-refractivity contribution < 1.29 is 9.53 Å². The minimum absolute atomic E-state index is 0.347. The summed E-state index contributed by atoms with van der Waals surface area (Å²) in [6, 6.07) is 7.70. The molecule has 0 bridgehead atoms. The Morgan fingerprint density at radius 2 is 2.20 bits per heavy atom. The number of pyridine rings is 1. The van der Waals surface area contributed by atoms with Crippen LogP contribution in [-0.2, 0) is 4.74 Å². The van der Waals surface area contributed by atoms with Crippen LogP contribution in [0.1, 0.15) is 16.1 Å². The lowest BCUT2D eigenvalue weighted by Crippen LogP contribution is -2.03. The van der Waals surface area contributed by atoms with Crippen LogP contribution in [0.4, 0.5) is 0 Å². The maximum Gasteiger partial charge on any atom is 0.356 e. The van der Waals surface area contributed by atoms with Crippen molar-refractivity contribution in [2.24, 2.45) is 0 Å². The lowest BCUT2D eigenvalue weighted by molar-refractivity contribution is 0.0594. The van der Waals surface area contributed by atoms with Crippen LogP contribution in [0.15, 0.2) is 30.5 Å². The van der Waals surface area contributed by atoms with Crippen molar-refractivity contribution in [3.63, 3.8) is 0 Å². The first-order chi connectivity index (χ1) is 7.22. The number of methoxy groups -OCH3 is 1. The number of rotatable bonds is 1. The van der Waals surface area contributed by atoms with E-state index in [4.69, 9.17) is 0 Å². The van der Waals surface area contributed by atoms with E-state index in [1.165, 1.54) is 7.11 Å². The van der Waals surface area contributed by atoms with Gasteiger partial charge in [0.1, 0.15) is 5.69 Å². The molecule has 0 radical (unpaired) electrons. The SMILES string of the molecule is COC(=O)c1cc2c(C)cccc2cn1. The zero-order valence-corrected chi connectivity index (χ0v) is 8.65. The number of nitrogens with zero attached hydrogens (tertiary/aromatic N) is 1. The second-order valence-electron chi connectivity index (χ2n) is 3.36. The molecule has 0 saturated carbocycles. The minimum Gasteiger partial charge on any atom is -0.464 e. The van der Waals surface area contributed by atoms with Gasteiger partial charge in [-0.1, -0.05) is 18.2 Å². The van der Waals surface area contributed by atoms with Crippen molar-refractivity contribution in [3.8, 4) is 0 Å². The van der Waals surface area contributed by atoms with E-state index in [9.17, 15) is 4.79 Å². The van der Waals surface area contributed by atoms with Crippen LogP contribution in [0.2, 0.25) is 0 Å². The predicted octanol–water partition coefficient (Wildman–Crippen LogP) is 2.33. The molecule has 1 aromatic heterocycles. The summed E-state index contributed by atoms with van der Waals surface area (Å²) in [6.07, 6.45) is 1.69. The van der Waals surface area contributed by atoms with E-state index >= 15 is 0 Å². The molecular weight excluding hydrogens is 190 g/mol. The van der Waals surface area contributed by atoms with Gasteiger partial charge < -0.3 is 4.74 Å². The van der Waals surface area contributed by atoms with Gasteiger partial charge in [-0.05, 0) is 23.9 Å². The number of hydrogen-bond donors (Lipinski definition) is 0. The van der Waals surface area contributed by atoms with Gasteiger partial charge in [-0.25, -0.2) is 9.78 Å². The summed E-state index contributed by atoms with van der Waals surface area (Å²) >= 11 is 0. The fourth-order valence-corrected chi connectivity index (χ4v) is 1.54. The molecule has 3 heteroatoms. The highest BCUT2D eigenvalue weighted by molar-refractivity contribution is 5.94. The number of benzene rings is 1. The van der Waals surface area contributed by atoms with Crippen LogP contribution in [0.25, 0.3) is 10.8 Å². The Kier molecular flexibility index (Phi) is 2.37. The second-order valence-corrected chi connectivity index (χ2v) is 3.36. The van der Waals surface area contributed by atoms with Gasteiger partial charge in [0.05, 0.1) is 7.11 Å². The first-order valence-electron chi connectivity index (χ1n) is 4.66. The summed E-state index contributed by atoms with van der Waals surface area (Å²) in [4.78, 5) is 15.3. The highest BCUT2D eigenvalue weighted by Crippen LogP contribution is 2.18. The van der Waals surface area contributed by atoms with Crippen molar-refractivity contribution in [2.75, 3.05) is 7.11 Å². The molecule has 0 aliphatic heterocycles. The number of ether oxygens (including phenoxy) is 1. The maximum absolute atomic E-state index is 11.3. The molecule has 0 N–H and O–H groups in total. The molecule has 0 unspecified atom stereocenters. The molecule has 0 saturated heterocycles. The molecule has 76 valence electrons. The van der Waals surface area contributed by atoms with E-state index < -0.39 is 5.97 Å². The second kappa shape index (κ2) is 3.69. The number of carbonyl (C=O) groups excluding carboxylic acids is 1. The molecule has 0 aliphatic carbocycles. The van der Waals surface area contributed by atoms with Crippen molar-refractivity contribution in [3.05, 3.63) is 41.7 Å². The predicted molar refractivity (Wildman–Crippen MR) is 57.8 cm³/mol. The molecule has 2 rings (SSSR count). The standard InChI is InChI=1S/C12H11NO2/c1-8-4-3-5-9-7-13-11(6-10(8)9)12(14)15-2/h3-7H,1-2H3. The van der Waals surface area contributed by atoms with Crippen LogP contribution >= 0.6 is 0 Å². The summed E-state index contributed by atoms with van der Waals surface area (Å²) in [6.45, 7) is 2.00. The number of carbonyl (C=O) groups is 1. The first kappa shape index (κ1) is 9.65. The van der Waals surface area contributed by atoms with E-state index in [-0.39, 0.29) is 0 Å². The average molecular weight is 201 g/mol. The number of aromatic nitrogens is 1. The highest BCUT2D eigenvalue weighted by Gasteiger charge is 2.08. The Bertz CT molecular complexity index is 520. The average Bonchev–Trinajstić information content (AvgIpc) is 2.28. The van der Waals surface area contributed by atoms with Gasteiger partial charge in [-0.3, -0.25) is 0 Å². The molecule has 0 fully saturated rings. The topological polar surface area (TPSA) is 39.2 Å². The third-order valence-electron chi connectivity index (χ3n) is 2.38. The lowest BCUT2D eigenvalue weighted by Gasteiger charge is -2.03. The molecule has 0 amide bonds. The zero-order chi connectivity index (χ0) is 10.8. The molecule has 0 spiro atoms. The quantitative estimate of drug-likeness (QED) is 0.665. The zero-order valence-electron chi connectivity index (χ0n) is 8.65. The fraction of sp³-hybridized carbons (Fsp3) is 0.167. The van der Waals surface area contributed by atoms with Gasteiger partial charge in [-0.15, -0.1) is 0 Å². The minimum atomic E-state index is -0.403. The van der Waals surface area contributed by atoms with Crippen molar-refractivity contribution >= 4 is 16.7 Å². The Labute approximate surface area is 87.7 Å². The molecule has 1 heterocycles. The van der Waals surface area contributed by atoms with Crippen molar-refractivity contribution in [1.82, 2.24) is 4.98 Å². The molecule has 1 aromatic carbocycles. The lowest BCUT2D eigenvalue weighted by atomic mass is 10.1. The third kappa shape index (κ3) is 1.68. The van der Waals surface area contributed by atoms with Gasteiger partial charge in [-0.2, -0.15) is 0 Å². The van der Waals surface area contributed by atoms with Crippen LogP contribution in [0.3, 0.4) is 0 Å². The molecule has 0 atom stereocenters. The van der Waals surface area contributed by atoms with Crippen LogP contribution in [0.5, 0.6) is 0 Å². The molecule has 3 nitrogen and oxygen atoms in total.